The van der Waals surface area contributed by atoms with Crippen LogP contribution in [0.15, 0.2) is 36.3 Å². The van der Waals surface area contributed by atoms with Gasteiger partial charge in [-0.2, -0.15) is 36.5 Å². The molecule has 5 rings (SSSR count). The molecule has 198 valence electrons. The third-order valence-electron chi connectivity index (χ3n) is 6.84. The van der Waals surface area contributed by atoms with Crippen molar-refractivity contribution < 1.29 is 26.3 Å². The van der Waals surface area contributed by atoms with Gasteiger partial charge in [0.2, 0.25) is 0 Å². The Morgan fingerprint density at radius 3 is 2.27 bits per heavy atom. The van der Waals surface area contributed by atoms with Crippen LogP contribution in [0.2, 0.25) is 10.0 Å². The molecule has 1 saturated carbocycles. The van der Waals surface area contributed by atoms with Gasteiger partial charge in [0.05, 0.1) is 22.0 Å². The highest BCUT2D eigenvalue weighted by atomic mass is 35.5. The Hall–Kier alpha value is -2.73. The largest absolute Gasteiger partial charge is 0.435 e. The fraction of sp³-hybridized carbons (Fsp3) is 0.435. The number of halogens is 8. The summed E-state index contributed by atoms with van der Waals surface area (Å²) >= 11 is 12.3. The van der Waals surface area contributed by atoms with Gasteiger partial charge in [0.15, 0.2) is 11.5 Å². The number of alkyl halides is 6. The summed E-state index contributed by atoms with van der Waals surface area (Å²) in [6.07, 6.45) is -7.26. The lowest BCUT2D eigenvalue weighted by Crippen LogP contribution is -2.30. The van der Waals surface area contributed by atoms with Crippen molar-refractivity contribution in [1.82, 2.24) is 24.5 Å². The molecule has 0 radical (unpaired) electrons. The lowest BCUT2D eigenvalue weighted by molar-refractivity contribution is -0.183. The van der Waals surface area contributed by atoms with E-state index in [1.807, 2.05) is 0 Å². The molecule has 0 amide bonds. The van der Waals surface area contributed by atoms with Gasteiger partial charge in [-0.3, -0.25) is 0 Å². The van der Waals surface area contributed by atoms with Gasteiger partial charge in [-0.15, -0.1) is 0 Å². The van der Waals surface area contributed by atoms with E-state index in [9.17, 15) is 26.3 Å². The molecular formula is C23H20Cl2F6N6. The van der Waals surface area contributed by atoms with Crippen LogP contribution in [0.5, 0.6) is 0 Å². The highest BCUT2D eigenvalue weighted by molar-refractivity contribution is 6.42. The van der Waals surface area contributed by atoms with Gasteiger partial charge >= 0.3 is 12.4 Å². The number of anilines is 1. The summed E-state index contributed by atoms with van der Waals surface area (Å²) in [7, 11) is 0. The quantitative estimate of drug-likeness (QED) is 0.334. The monoisotopic (exact) mass is 564 g/mol. The molecule has 2 aliphatic rings. The molecule has 1 fully saturated rings. The van der Waals surface area contributed by atoms with Crippen molar-refractivity contribution in [1.29, 1.82) is 0 Å². The van der Waals surface area contributed by atoms with Crippen LogP contribution in [-0.4, -0.2) is 30.7 Å². The lowest BCUT2D eigenvalue weighted by atomic mass is 9.85. The summed E-state index contributed by atoms with van der Waals surface area (Å²) in [4.78, 5) is 4.39. The first-order chi connectivity index (χ1) is 17.3. The van der Waals surface area contributed by atoms with Crippen LogP contribution in [0, 0.1) is 5.92 Å². The van der Waals surface area contributed by atoms with Crippen LogP contribution in [0.1, 0.15) is 61.8 Å². The van der Waals surface area contributed by atoms with E-state index >= 15 is 0 Å². The van der Waals surface area contributed by atoms with Gasteiger partial charge in [0.1, 0.15) is 18.2 Å². The average molecular weight is 565 g/mol. The van der Waals surface area contributed by atoms with Crippen molar-refractivity contribution in [3.8, 4) is 0 Å². The van der Waals surface area contributed by atoms with E-state index in [4.69, 9.17) is 23.2 Å². The second-order valence-corrected chi connectivity index (χ2v) is 9.99. The SMILES string of the molecule is CC1=C(c2ncnn2C2CCC(C(F)(F)F)CC2)[C@H](c2ccc(Cl)c(Cl)c2)n2nc(C(F)(F)F)cc2N1. The van der Waals surface area contributed by atoms with Gasteiger partial charge < -0.3 is 5.32 Å². The van der Waals surface area contributed by atoms with Crippen LogP contribution in [0.25, 0.3) is 5.57 Å². The van der Waals surface area contributed by atoms with Crippen molar-refractivity contribution in [3.05, 3.63) is 63.4 Å². The second kappa shape index (κ2) is 9.23. The summed E-state index contributed by atoms with van der Waals surface area (Å²) in [5.74, 6) is -0.933. The van der Waals surface area contributed by atoms with Crippen molar-refractivity contribution in [2.75, 3.05) is 5.32 Å². The molecule has 3 aromatic rings. The highest BCUT2D eigenvalue weighted by Crippen LogP contribution is 2.46. The molecule has 6 nitrogen and oxygen atoms in total. The standard InChI is InChI=1S/C23H20Cl2F6N6/c1-11-19(21-32-10-33-36(21)14-5-3-13(4-6-14)22(26,27)28)20(12-2-7-15(24)16(25)8-12)37-18(34-11)9-17(35-37)23(29,30)31/h2,7-10,13-14,20,34H,3-6H2,1H3/t13?,14?,20-/m0/s1. The predicted molar refractivity (Wildman–Crippen MR) is 125 cm³/mol. The molecule has 1 atom stereocenters. The summed E-state index contributed by atoms with van der Waals surface area (Å²) < 4.78 is 83.0. The fourth-order valence-corrected chi connectivity index (χ4v) is 5.35. The first-order valence-electron chi connectivity index (χ1n) is 11.4. The molecule has 1 aliphatic carbocycles. The number of nitrogens with one attached hydrogen (secondary N) is 1. The molecular weight excluding hydrogens is 545 g/mol. The number of hydrogen-bond donors (Lipinski definition) is 1. The second-order valence-electron chi connectivity index (χ2n) is 9.17. The number of fused-ring (bicyclic) bond motifs is 1. The third-order valence-corrected chi connectivity index (χ3v) is 7.58. The molecule has 37 heavy (non-hydrogen) atoms. The molecule has 0 spiro atoms. The number of nitrogens with zero attached hydrogens (tertiary/aromatic N) is 5. The van der Waals surface area contributed by atoms with Gasteiger partial charge in [-0.25, -0.2) is 14.3 Å². The zero-order valence-electron chi connectivity index (χ0n) is 19.2. The smallest absolute Gasteiger partial charge is 0.344 e. The van der Waals surface area contributed by atoms with Gasteiger partial charge in [0.25, 0.3) is 0 Å². The number of allylic oxidation sites excluding steroid dienone is 2. The van der Waals surface area contributed by atoms with E-state index in [2.05, 4.69) is 20.5 Å². The molecule has 1 N–H and O–H groups in total. The minimum Gasteiger partial charge on any atom is -0.344 e. The first kappa shape index (κ1) is 25.9. The van der Waals surface area contributed by atoms with E-state index in [1.165, 1.54) is 17.1 Å². The third kappa shape index (κ3) is 4.81. The Balaban J connectivity index is 1.59. The normalized spacial score (nSPS) is 22.7. The molecule has 2 aromatic heterocycles. The summed E-state index contributed by atoms with van der Waals surface area (Å²) in [6, 6.07) is 4.37. The van der Waals surface area contributed by atoms with Crippen LogP contribution in [-0.2, 0) is 6.18 Å². The summed E-state index contributed by atoms with van der Waals surface area (Å²) in [6.45, 7) is 1.68. The first-order valence-corrected chi connectivity index (χ1v) is 12.2. The van der Waals surface area contributed by atoms with Gasteiger partial charge in [-0.1, -0.05) is 29.3 Å². The Kier molecular flexibility index (Phi) is 6.46. The maximum Gasteiger partial charge on any atom is 0.435 e. The van der Waals surface area contributed by atoms with Gasteiger partial charge in [0, 0.05) is 17.3 Å². The number of benzene rings is 1. The Morgan fingerprint density at radius 1 is 0.946 bits per heavy atom. The van der Waals surface area contributed by atoms with Gasteiger partial charge in [-0.05, 0) is 50.3 Å². The number of hydrogen-bond acceptors (Lipinski definition) is 4. The van der Waals surface area contributed by atoms with E-state index in [0.29, 0.717) is 22.7 Å². The number of aromatic nitrogens is 5. The Morgan fingerprint density at radius 2 is 1.65 bits per heavy atom. The Bertz CT molecular complexity index is 1350. The molecule has 0 unspecified atom stereocenters. The van der Waals surface area contributed by atoms with E-state index in [-0.39, 0.29) is 47.6 Å². The summed E-state index contributed by atoms with van der Waals surface area (Å²) in [5, 5.41) is 11.6. The zero-order chi connectivity index (χ0) is 26.7. The maximum atomic E-state index is 13.5. The molecule has 14 heteroatoms. The van der Waals surface area contributed by atoms with E-state index in [0.717, 1.165) is 6.07 Å². The molecule has 0 bridgehead atoms. The van der Waals surface area contributed by atoms with Crippen LogP contribution in [0.4, 0.5) is 32.2 Å². The van der Waals surface area contributed by atoms with Crippen molar-refractivity contribution in [3.63, 3.8) is 0 Å². The summed E-state index contributed by atoms with van der Waals surface area (Å²) in [5.41, 5.74) is 0.383. The molecule has 1 aliphatic heterocycles. The minimum atomic E-state index is -4.68. The average Bonchev–Trinajstić information content (AvgIpc) is 3.46. The molecule has 0 saturated heterocycles. The van der Waals surface area contributed by atoms with Crippen molar-refractivity contribution in [2.24, 2.45) is 5.92 Å². The maximum absolute atomic E-state index is 13.5. The minimum absolute atomic E-state index is 0.0434. The van der Waals surface area contributed by atoms with Crippen LogP contribution < -0.4 is 5.32 Å². The van der Waals surface area contributed by atoms with Crippen molar-refractivity contribution in [2.45, 2.75) is 57.0 Å². The lowest BCUT2D eigenvalue weighted by Gasteiger charge is -2.33. The topological polar surface area (TPSA) is 60.6 Å². The van der Waals surface area contributed by atoms with Crippen molar-refractivity contribution >= 4 is 34.6 Å². The highest BCUT2D eigenvalue weighted by Gasteiger charge is 2.43. The zero-order valence-corrected chi connectivity index (χ0v) is 20.7. The van der Waals surface area contributed by atoms with Crippen LogP contribution in [0.3, 0.4) is 0 Å². The predicted octanol–water partition coefficient (Wildman–Crippen LogP) is 7.54. The molecule has 3 heterocycles. The van der Waals surface area contributed by atoms with E-state index < -0.39 is 30.0 Å². The van der Waals surface area contributed by atoms with Crippen LogP contribution >= 0.6 is 23.2 Å². The Labute approximate surface area is 217 Å². The fourth-order valence-electron chi connectivity index (χ4n) is 5.05. The van der Waals surface area contributed by atoms with E-state index in [1.54, 1.807) is 23.7 Å². The number of rotatable bonds is 3. The molecule has 1 aromatic carbocycles.